The first-order valence-corrected chi connectivity index (χ1v) is 9.51. The van der Waals surface area contributed by atoms with Crippen molar-refractivity contribution in [1.29, 1.82) is 0 Å². The Morgan fingerprint density at radius 1 is 1.04 bits per heavy atom. The Balaban J connectivity index is 1.80. The quantitative estimate of drug-likeness (QED) is 0.779. The summed E-state index contributed by atoms with van der Waals surface area (Å²) in [7, 11) is 2.13. The molecule has 1 aliphatic heterocycles. The van der Waals surface area contributed by atoms with Gasteiger partial charge in [-0.3, -0.25) is 0 Å². The minimum atomic E-state index is -4.26. The third-order valence-electron chi connectivity index (χ3n) is 5.91. The lowest BCUT2D eigenvalue weighted by Gasteiger charge is -2.38. The number of alkyl halides is 3. The predicted octanol–water partition coefficient (Wildman–Crippen LogP) is 4.62. The Labute approximate surface area is 149 Å². The summed E-state index contributed by atoms with van der Waals surface area (Å²) >= 11 is 0. The summed E-state index contributed by atoms with van der Waals surface area (Å²) in [4.78, 5) is 4.76. The molecule has 1 aromatic carbocycles. The van der Waals surface area contributed by atoms with Gasteiger partial charge in [0.25, 0.3) is 0 Å². The summed E-state index contributed by atoms with van der Waals surface area (Å²) in [5.74, 6) is 0.725. The zero-order chi connectivity index (χ0) is 17.9. The summed E-state index contributed by atoms with van der Waals surface area (Å²) < 4.78 is 39.5. The molecular formula is C20H29F3N2. The standard InChI is InChI=1S/C20H29F3N2/c1-24-10-12-25(13-11-24)15-19(16-6-3-2-4-7-16)17-8-5-9-18(14-17)20(21,22)23/h5,8-9,14,16,19H,2-4,6-7,10-13,15H2,1H3. The molecule has 0 radical (unpaired) electrons. The van der Waals surface area contributed by atoms with Crippen molar-refractivity contribution in [2.45, 2.75) is 44.2 Å². The molecule has 0 aromatic heterocycles. The number of hydrogen-bond donors (Lipinski definition) is 0. The van der Waals surface area contributed by atoms with Gasteiger partial charge in [-0.1, -0.05) is 37.5 Å². The monoisotopic (exact) mass is 354 g/mol. The number of nitrogens with zero attached hydrogens (tertiary/aromatic N) is 2. The van der Waals surface area contributed by atoms with Gasteiger partial charge in [-0.2, -0.15) is 13.2 Å². The molecule has 2 nitrogen and oxygen atoms in total. The van der Waals surface area contributed by atoms with Gasteiger partial charge < -0.3 is 9.80 Å². The molecule has 0 spiro atoms. The van der Waals surface area contributed by atoms with Crippen LogP contribution in [0.15, 0.2) is 24.3 Å². The van der Waals surface area contributed by atoms with Gasteiger partial charge in [-0.25, -0.2) is 0 Å². The van der Waals surface area contributed by atoms with Crippen molar-refractivity contribution >= 4 is 0 Å². The van der Waals surface area contributed by atoms with Crippen LogP contribution in [0.3, 0.4) is 0 Å². The predicted molar refractivity (Wildman–Crippen MR) is 94.7 cm³/mol. The maximum Gasteiger partial charge on any atom is 0.416 e. The molecule has 2 aliphatic rings. The van der Waals surface area contributed by atoms with E-state index in [1.54, 1.807) is 6.07 Å². The van der Waals surface area contributed by atoms with Gasteiger partial charge in [-0.05, 0) is 43.4 Å². The maximum atomic E-state index is 13.2. The third-order valence-corrected chi connectivity index (χ3v) is 5.91. The fourth-order valence-corrected chi connectivity index (χ4v) is 4.32. The van der Waals surface area contributed by atoms with E-state index in [4.69, 9.17) is 0 Å². The van der Waals surface area contributed by atoms with Crippen molar-refractivity contribution in [3.63, 3.8) is 0 Å². The summed E-state index contributed by atoms with van der Waals surface area (Å²) in [6.07, 6.45) is 1.72. The second kappa shape index (κ2) is 8.09. The van der Waals surface area contributed by atoms with Crippen molar-refractivity contribution in [2.24, 2.45) is 5.92 Å². The highest BCUT2D eigenvalue weighted by molar-refractivity contribution is 5.29. The van der Waals surface area contributed by atoms with Gasteiger partial charge in [0, 0.05) is 32.7 Å². The second-order valence-electron chi connectivity index (χ2n) is 7.73. The molecule has 140 valence electrons. The second-order valence-corrected chi connectivity index (χ2v) is 7.73. The Morgan fingerprint density at radius 2 is 1.72 bits per heavy atom. The Bertz CT molecular complexity index is 544. The van der Waals surface area contributed by atoms with Crippen LogP contribution in [-0.4, -0.2) is 49.6 Å². The van der Waals surface area contributed by atoms with Crippen molar-refractivity contribution in [1.82, 2.24) is 9.80 Å². The SMILES string of the molecule is CN1CCN(CC(c2cccc(C(F)(F)F)c2)C2CCCCC2)CC1. The average Bonchev–Trinajstić information content (AvgIpc) is 2.61. The number of rotatable bonds is 4. The lowest BCUT2D eigenvalue weighted by Crippen LogP contribution is -2.46. The highest BCUT2D eigenvalue weighted by Crippen LogP contribution is 2.39. The van der Waals surface area contributed by atoms with E-state index in [0.29, 0.717) is 5.92 Å². The minimum absolute atomic E-state index is 0.214. The first kappa shape index (κ1) is 18.7. The fourth-order valence-electron chi connectivity index (χ4n) is 4.32. The molecule has 0 amide bonds. The van der Waals surface area contributed by atoms with Crippen LogP contribution in [0.5, 0.6) is 0 Å². The average molecular weight is 354 g/mol. The van der Waals surface area contributed by atoms with Gasteiger partial charge >= 0.3 is 6.18 Å². The topological polar surface area (TPSA) is 6.48 Å². The molecule has 1 heterocycles. The molecule has 2 fully saturated rings. The molecule has 3 rings (SSSR count). The smallest absolute Gasteiger partial charge is 0.304 e. The molecule has 1 saturated carbocycles. The van der Waals surface area contributed by atoms with Crippen LogP contribution in [0.4, 0.5) is 13.2 Å². The largest absolute Gasteiger partial charge is 0.416 e. The highest BCUT2D eigenvalue weighted by atomic mass is 19.4. The molecule has 0 N–H and O–H groups in total. The fraction of sp³-hybridized carbons (Fsp3) is 0.700. The molecule has 1 unspecified atom stereocenters. The van der Waals surface area contributed by atoms with Gasteiger partial charge in [0.15, 0.2) is 0 Å². The van der Waals surface area contributed by atoms with Crippen molar-refractivity contribution < 1.29 is 13.2 Å². The summed E-state index contributed by atoms with van der Waals surface area (Å²) in [6, 6.07) is 6.08. The highest BCUT2D eigenvalue weighted by Gasteiger charge is 2.33. The number of piperazine rings is 1. The maximum absolute atomic E-state index is 13.2. The number of likely N-dealkylation sites (N-methyl/N-ethyl adjacent to an activating group) is 1. The van der Waals surface area contributed by atoms with Crippen molar-refractivity contribution in [3.8, 4) is 0 Å². The molecule has 25 heavy (non-hydrogen) atoms. The lowest BCUT2D eigenvalue weighted by atomic mass is 9.76. The lowest BCUT2D eigenvalue weighted by molar-refractivity contribution is -0.137. The van der Waals surface area contributed by atoms with Crippen LogP contribution < -0.4 is 0 Å². The van der Waals surface area contributed by atoms with E-state index in [1.807, 2.05) is 6.07 Å². The van der Waals surface area contributed by atoms with Crippen LogP contribution in [0.2, 0.25) is 0 Å². The van der Waals surface area contributed by atoms with E-state index < -0.39 is 11.7 Å². The van der Waals surface area contributed by atoms with Crippen molar-refractivity contribution in [2.75, 3.05) is 39.8 Å². The number of benzene rings is 1. The van der Waals surface area contributed by atoms with Crippen LogP contribution in [0.25, 0.3) is 0 Å². The molecule has 0 bridgehead atoms. The zero-order valence-corrected chi connectivity index (χ0v) is 15.1. The van der Waals surface area contributed by atoms with Crippen LogP contribution in [0.1, 0.15) is 49.1 Å². The van der Waals surface area contributed by atoms with E-state index in [-0.39, 0.29) is 5.92 Å². The van der Waals surface area contributed by atoms with Gasteiger partial charge in [0.05, 0.1) is 5.56 Å². The van der Waals surface area contributed by atoms with Gasteiger partial charge in [0.1, 0.15) is 0 Å². The number of halogens is 3. The normalized spacial score (nSPS) is 22.9. The minimum Gasteiger partial charge on any atom is -0.304 e. The molecular weight excluding hydrogens is 325 g/mol. The Morgan fingerprint density at radius 3 is 2.36 bits per heavy atom. The molecule has 1 aliphatic carbocycles. The van der Waals surface area contributed by atoms with Gasteiger partial charge in [0.2, 0.25) is 0 Å². The van der Waals surface area contributed by atoms with E-state index in [9.17, 15) is 13.2 Å². The van der Waals surface area contributed by atoms with E-state index >= 15 is 0 Å². The van der Waals surface area contributed by atoms with Crippen molar-refractivity contribution in [3.05, 3.63) is 35.4 Å². The Kier molecular flexibility index (Phi) is 6.05. The molecule has 1 atom stereocenters. The van der Waals surface area contributed by atoms with Crippen LogP contribution in [-0.2, 0) is 6.18 Å². The molecule has 1 saturated heterocycles. The van der Waals surface area contributed by atoms with Crippen LogP contribution in [0, 0.1) is 5.92 Å². The third kappa shape index (κ3) is 4.98. The summed E-state index contributed by atoms with van der Waals surface area (Å²) in [5, 5.41) is 0. The Hall–Kier alpha value is -1.07. The number of hydrogen-bond acceptors (Lipinski definition) is 2. The molecule has 1 aromatic rings. The first-order chi connectivity index (χ1) is 11.9. The van der Waals surface area contributed by atoms with E-state index in [2.05, 4.69) is 16.8 Å². The van der Waals surface area contributed by atoms with E-state index in [0.717, 1.165) is 51.1 Å². The summed E-state index contributed by atoms with van der Waals surface area (Å²) in [5.41, 5.74) is 0.366. The summed E-state index contributed by atoms with van der Waals surface area (Å²) in [6.45, 7) is 5.00. The zero-order valence-electron chi connectivity index (χ0n) is 15.1. The van der Waals surface area contributed by atoms with E-state index in [1.165, 1.54) is 31.4 Å². The van der Waals surface area contributed by atoms with Crippen LogP contribution >= 0.6 is 0 Å². The van der Waals surface area contributed by atoms with Gasteiger partial charge in [-0.15, -0.1) is 0 Å². The molecule has 5 heteroatoms. The first-order valence-electron chi connectivity index (χ1n) is 9.51.